The number of carbonyl (C=O) groups excluding carboxylic acids is 1. The van der Waals surface area contributed by atoms with Crippen molar-refractivity contribution in [3.05, 3.63) is 28.8 Å². The molecule has 1 N–H and O–H groups in total. The number of ether oxygens (including phenoxy) is 1. The van der Waals surface area contributed by atoms with Crippen molar-refractivity contribution in [1.29, 1.82) is 0 Å². The normalized spacial score (nSPS) is 20.6. The van der Waals surface area contributed by atoms with Crippen LogP contribution in [0.15, 0.2) is 18.2 Å². The first-order chi connectivity index (χ1) is 9.54. The van der Waals surface area contributed by atoms with E-state index in [0.29, 0.717) is 29.4 Å². The minimum atomic E-state index is -0.404. The van der Waals surface area contributed by atoms with Crippen LogP contribution in [0.3, 0.4) is 0 Å². The fraction of sp³-hybridized carbons (Fsp3) is 0.533. The van der Waals surface area contributed by atoms with Crippen molar-refractivity contribution in [3.63, 3.8) is 0 Å². The standard InChI is InChI=1S/C15H20ClNO3/c1-10(18)11-5-4-8-17(9-11)15(19)14-12(16)6-3-7-13(14)20-2/h3,6-7,10-11,18H,4-5,8-9H2,1-2H3. The molecule has 1 fully saturated rings. The van der Waals surface area contributed by atoms with Gasteiger partial charge in [-0.05, 0) is 31.9 Å². The van der Waals surface area contributed by atoms with E-state index in [1.807, 2.05) is 0 Å². The van der Waals surface area contributed by atoms with Crippen molar-refractivity contribution >= 4 is 17.5 Å². The van der Waals surface area contributed by atoms with Gasteiger partial charge in [0.25, 0.3) is 5.91 Å². The van der Waals surface area contributed by atoms with Crippen LogP contribution < -0.4 is 4.74 Å². The van der Waals surface area contributed by atoms with E-state index in [4.69, 9.17) is 16.3 Å². The molecular weight excluding hydrogens is 278 g/mol. The minimum Gasteiger partial charge on any atom is -0.496 e. The Kier molecular flexibility index (Phi) is 4.89. The number of piperidine rings is 1. The van der Waals surface area contributed by atoms with Gasteiger partial charge in [-0.15, -0.1) is 0 Å². The van der Waals surface area contributed by atoms with Crippen LogP contribution >= 0.6 is 11.6 Å². The van der Waals surface area contributed by atoms with E-state index in [9.17, 15) is 9.90 Å². The Morgan fingerprint density at radius 1 is 1.55 bits per heavy atom. The number of benzene rings is 1. The van der Waals surface area contributed by atoms with E-state index in [-0.39, 0.29) is 11.8 Å². The lowest BCUT2D eigenvalue weighted by molar-refractivity contribution is 0.0464. The van der Waals surface area contributed by atoms with E-state index < -0.39 is 6.10 Å². The Bertz CT molecular complexity index is 490. The first kappa shape index (κ1) is 15.1. The molecule has 2 unspecified atom stereocenters. The third kappa shape index (κ3) is 3.07. The molecule has 1 aliphatic rings. The lowest BCUT2D eigenvalue weighted by Crippen LogP contribution is -2.43. The Hall–Kier alpha value is -1.26. The molecule has 1 aromatic carbocycles. The van der Waals surface area contributed by atoms with Gasteiger partial charge in [0.1, 0.15) is 11.3 Å². The fourth-order valence-corrected chi connectivity index (χ4v) is 2.88. The maximum Gasteiger partial charge on any atom is 0.259 e. The Labute approximate surface area is 124 Å². The van der Waals surface area contributed by atoms with Crippen molar-refractivity contribution in [2.75, 3.05) is 20.2 Å². The highest BCUT2D eigenvalue weighted by Gasteiger charge is 2.29. The van der Waals surface area contributed by atoms with Crippen molar-refractivity contribution in [2.45, 2.75) is 25.9 Å². The second-order valence-corrected chi connectivity index (χ2v) is 5.62. The number of methoxy groups -OCH3 is 1. The summed E-state index contributed by atoms with van der Waals surface area (Å²) in [5, 5.41) is 10.1. The molecule has 20 heavy (non-hydrogen) atoms. The van der Waals surface area contributed by atoms with Crippen molar-refractivity contribution in [2.24, 2.45) is 5.92 Å². The molecule has 2 atom stereocenters. The third-order valence-corrected chi connectivity index (χ3v) is 4.15. The molecule has 0 bridgehead atoms. The van der Waals surface area contributed by atoms with Crippen molar-refractivity contribution in [1.82, 2.24) is 4.90 Å². The average Bonchev–Trinajstić information content (AvgIpc) is 2.46. The van der Waals surface area contributed by atoms with Gasteiger partial charge in [0.2, 0.25) is 0 Å². The Balaban J connectivity index is 2.23. The molecule has 5 heteroatoms. The summed E-state index contributed by atoms with van der Waals surface area (Å²) in [6.45, 7) is 3.02. The van der Waals surface area contributed by atoms with Crippen molar-refractivity contribution in [3.8, 4) is 5.75 Å². The summed E-state index contributed by atoms with van der Waals surface area (Å²) in [4.78, 5) is 14.4. The number of rotatable bonds is 3. The van der Waals surface area contributed by atoms with Gasteiger partial charge < -0.3 is 14.7 Å². The number of hydrogen-bond donors (Lipinski definition) is 1. The molecule has 1 heterocycles. The lowest BCUT2D eigenvalue weighted by Gasteiger charge is -2.34. The molecule has 2 rings (SSSR count). The van der Waals surface area contributed by atoms with Crippen LogP contribution in [0.1, 0.15) is 30.1 Å². The molecule has 4 nitrogen and oxygen atoms in total. The topological polar surface area (TPSA) is 49.8 Å². The zero-order valence-corrected chi connectivity index (χ0v) is 12.6. The van der Waals surface area contributed by atoms with E-state index >= 15 is 0 Å². The zero-order chi connectivity index (χ0) is 14.7. The van der Waals surface area contributed by atoms with Crippen LogP contribution in [-0.4, -0.2) is 42.2 Å². The maximum atomic E-state index is 12.6. The lowest BCUT2D eigenvalue weighted by atomic mass is 9.93. The monoisotopic (exact) mass is 297 g/mol. The van der Waals surface area contributed by atoms with Crippen LogP contribution in [0.5, 0.6) is 5.75 Å². The van der Waals surface area contributed by atoms with Gasteiger partial charge in [0.15, 0.2) is 0 Å². The maximum absolute atomic E-state index is 12.6. The molecule has 1 amide bonds. The van der Waals surface area contributed by atoms with Gasteiger partial charge in [-0.3, -0.25) is 4.79 Å². The number of hydrogen-bond acceptors (Lipinski definition) is 3. The number of likely N-dealkylation sites (tertiary alicyclic amines) is 1. The summed E-state index contributed by atoms with van der Waals surface area (Å²) in [6, 6.07) is 5.18. The second kappa shape index (κ2) is 6.46. The second-order valence-electron chi connectivity index (χ2n) is 5.21. The van der Waals surface area contributed by atoms with Crippen molar-refractivity contribution < 1.29 is 14.6 Å². The molecule has 1 saturated heterocycles. The first-order valence-electron chi connectivity index (χ1n) is 6.84. The van der Waals surface area contributed by atoms with Crippen LogP contribution in [0.2, 0.25) is 5.02 Å². The molecule has 0 spiro atoms. The number of halogens is 1. The fourth-order valence-electron chi connectivity index (χ4n) is 2.63. The number of aliphatic hydroxyl groups is 1. The summed E-state index contributed by atoms with van der Waals surface area (Å²) in [7, 11) is 1.53. The van der Waals surface area contributed by atoms with E-state index in [1.54, 1.807) is 30.0 Å². The number of aliphatic hydroxyl groups excluding tert-OH is 1. The highest BCUT2D eigenvalue weighted by Crippen LogP contribution is 2.29. The smallest absolute Gasteiger partial charge is 0.259 e. The van der Waals surface area contributed by atoms with E-state index in [2.05, 4.69) is 0 Å². The Morgan fingerprint density at radius 3 is 2.95 bits per heavy atom. The predicted molar refractivity (Wildman–Crippen MR) is 78.3 cm³/mol. The van der Waals surface area contributed by atoms with Gasteiger partial charge in [-0.25, -0.2) is 0 Å². The van der Waals surface area contributed by atoms with Gasteiger partial charge >= 0.3 is 0 Å². The van der Waals surface area contributed by atoms with Crippen LogP contribution in [0, 0.1) is 5.92 Å². The quantitative estimate of drug-likeness (QED) is 0.933. The molecule has 1 aromatic rings. The molecule has 0 radical (unpaired) electrons. The van der Waals surface area contributed by atoms with Crippen LogP contribution in [-0.2, 0) is 0 Å². The average molecular weight is 298 g/mol. The predicted octanol–water partition coefficient (Wildman–Crippen LogP) is 2.58. The molecule has 110 valence electrons. The third-order valence-electron chi connectivity index (χ3n) is 3.84. The minimum absolute atomic E-state index is 0.126. The van der Waals surface area contributed by atoms with Crippen LogP contribution in [0.25, 0.3) is 0 Å². The van der Waals surface area contributed by atoms with E-state index in [1.165, 1.54) is 7.11 Å². The number of amides is 1. The molecular formula is C15H20ClNO3. The number of carbonyl (C=O) groups is 1. The Morgan fingerprint density at radius 2 is 2.30 bits per heavy atom. The van der Waals surface area contributed by atoms with Gasteiger partial charge in [-0.2, -0.15) is 0 Å². The summed E-state index contributed by atoms with van der Waals surface area (Å²) >= 11 is 6.14. The largest absolute Gasteiger partial charge is 0.496 e. The van der Waals surface area contributed by atoms with Crippen LogP contribution in [0.4, 0.5) is 0 Å². The molecule has 0 aromatic heterocycles. The number of nitrogens with zero attached hydrogens (tertiary/aromatic N) is 1. The summed E-state index contributed by atoms with van der Waals surface area (Å²) < 4.78 is 5.23. The highest BCUT2D eigenvalue weighted by atomic mass is 35.5. The molecule has 0 saturated carbocycles. The van der Waals surface area contributed by atoms with E-state index in [0.717, 1.165) is 12.8 Å². The highest BCUT2D eigenvalue weighted by molar-refractivity contribution is 6.34. The zero-order valence-electron chi connectivity index (χ0n) is 11.8. The molecule has 1 aliphatic heterocycles. The summed E-state index contributed by atoms with van der Waals surface area (Å²) in [5.74, 6) is 0.487. The SMILES string of the molecule is COc1cccc(Cl)c1C(=O)N1CCCC(C(C)O)C1. The first-order valence-corrected chi connectivity index (χ1v) is 7.22. The van der Waals surface area contributed by atoms with Gasteiger partial charge in [-0.1, -0.05) is 17.7 Å². The van der Waals surface area contributed by atoms with Gasteiger partial charge in [0.05, 0.1) is 18.2 Å². The molecule has 0 aliphatic carbocycles. The summed E-state index contributed by atoms with van der Waals surface area (Å²) in [6.07, 6.45) is 1.44. The summed E-state index contributed by atoms with van der Waals surface area (Å²) in [5.41, 5.74) is 0.405. The van der Waals surface area contributed by atoms with Gasteiger partial charge in [0, 0.05) is 19.0 Å².